The molecule has 168 valence electrons. The Morgan fingerprint density at radius 1 is 1.06 bits per heavy atom. The Hall–Kier alpha value is -4.13. The summed E-state index contributed by atoms with van der Waals surface area (Å²) in [6, 6.07) is 16.8. The Morgan fingerprint density at radius 3 is 2.36 bits per heavy atom. The zero-order valence-electron chi connectivity index (χ0n) is 18.9. The van der Waals surface area contributed by atoms with Gasteiger partial charge in [0.05, 0.1) is 18.4 Å². The van der Waals surface area contributed by atoms with Crippen molar-refractivity contribution in [1.82, 2.24) is 4.98 Å². The number of carbonyl (C=O) groups is 2. The number of aryl methyl sites for hydroxylation is 1. The number of aliphatic hydroxyl groups excluding tert-OH is 1. The van der Waals surface area contributed by atoms with E-state index in [9.17, 15) is 14.7 Å². The number of nitrogens with zero attached hydrogens (tertiary/aromatic N) is 3. The van der Waals surface area contributed by atoms with E-state index in [-0.39, 0.29) is 11.3 Å². The van der Waals surface area contributed by atoms with Gasteiger partial charge in [0.25, 0.3) is 11.7 Å². The van der Waals surface area contributed by atoms with E-state index in [4.69, 9.17) is 4.74 Å². The van der Waals surface area contributed by atoms with Crippen LogP contribution in [0.4, 0.5) is 11.4 Å². The summed E-state index contributed by atoms with van der Waals surface area (Å²) < 4.78 is 5.29. The highest BCUT2D eigenvalue weighted by atomic mass is 16.5. The lowest BCUT2D eigenvalue weighted by atomic mass is 9.97. The van der Waals surface area contributed by atoms with Crippen molar-refractivity contribution in [3.63, 3.8) is 0 Å². The number of methoxy groups -OCH3 is 1. The topological polar surface area (TPSA) is 83.0 Å². The van der Waals surface area contributed by atoms with E-state index in [1.165, 1.54) is 4.90 Å². The molecular weight excluding hydrogens is 418 g/mol. The van der Waals surface area contributed by atoms with Gasteiger partial charge in [0.1, 0.15) is 17.6 Å². The molecule has 1 aliphatic heterocycles. The van der Waals surface area contributed by atoms with E-state index in [0.29, 0.717) is 22.7 Å². The van der Waals surface area contributed by atoms with Crippen molar-refractivity contribution in [2.24, 2.45) is 0 Å². The van der Waals surface area contributed by atoms with Gasteiger partial charge in [-0.1, -0.05) is 6.07 Å². The molecule has 7 nitrogen and oxygen atoms in total. The average Bonchev–Trinajstić information content (AvgIpc) is 3.09. The molecular formula is C26H25N3O4. The summed E-state index contributed by atoms with van der Waals surface area (Å²) in [7, 11) is 5.41. The van der Waals surface area contributed by atoms with Crippen LogP contribution in [0.1, 0.15) is 22.9 Å². The lowest BCUT2D eigenvalue weighted by molar-refractivity contribution is -0.132. The normalized spacial score (nSPS) is 17.3. The van der Waals surface area contributed by atoms with Crippen molar-refractivity contribution < 1.29 is 19.4 Å². The van der Waals surface area contributed by atoms with Crippen molar-refractivity contribution in [1.29, 1.82) is 0 Å². The lowest BCUT2D eigenvalue weighted by Crippen LogP contribution is -2.29. The van der Waals surface area contributed by atoms with Crippen molar-refractivity contribution >= 4 is 28.8 Å². The second-order valence-electron chi connectivity index (χ2n) is 8.02. The highest BCUT2D eigenvalue weighted by Crippen LogP contribution is 2.42. The smallest absolute Gasteiger partial charge is 0.300 e. The fourth-order valence-electron chi connectivity index (χ4n) is 4.01. The third-order valence-electron chi connectivity index (χ3n) is 5.72. The molecule has 1 fully saturated rings. The van der Waals surface area contributed by atoms with Crippen molar-refractivity contribution in [2.45, 2.75) is 13.0 Å². The molecule has 1 saturated heterocycles. The van der Waals surface area contributed by atoms with Gasteiger partial charge >= 0.3 is 0 Å². The van der Waals surface area contributed by atoms with Gasteiger partial charge in [0.2, 0.25) is 0 Å². The number of amides is 1. The quantitative estimate of drug-likeness (QED) is 0.363. The number of rotatable bonds is 5. The second kappa shape index (κ2) is 8.78. The minimum Gasteiger partial charge on any atom is -0.507 e. The number of pyridine rings is 1. The highest BCUT2D eigenvalue weighted by molar-refractivity contribution is 6.51. The number of ketones is 1. The Bertz CT molecular complexity index is 1230. The highest BCUT2D eigenvalue weighted by Gasteiger charge is 2.47. The standard InChI is InChI=1S/C26H25N3O4/c1-16-15-17(8-13-21(16)33-4)24(30)22-23(20-7-5-6-14-27-20)29(26(32)25(22)31)19-11-9-18(10-12-19)28(2)3/h5-15,23,30H,1-4H3/b24-22-. The van der Waals surface area contributed by atoms with Gasteiger partial charge in [-0.25, -0.2) is 0 Å². The van der Waals surface area contributed by atoms with E-state index >= 15 is 0 Å². The summed E-state index contributed by atoms with van der Waals surface area (Å²) >= 11 is 0. The van der Waals surface area contributed by atoms with E-state index in [1.54, 1.807) is 61.8 Å². The van der Waals surface area contributed by atoms with Gasteiger partial charge < -0.3 is 14.7 Å². The maximum absolute atomic E-state index is 13.2. The molecule has 1 atom stereocenters. The third kappa shape index (κ3) is 3.93. The van der Waals surface area contributed by atoms with Gasteiger partial charge in [0, 0.05) is 37.2 Å². The van der Waals surface area contributed by atoms with Crippen molar-refractivity contribution in [3.8, 4) is 5.75 Å². The summed E-state index contributed by atoms with van der Waals surface area (Å²) in [5.41, 5.74) is 3.21. The second-order valence-corrected chi connectivity index (χ2v) is 8.02. The zero-order chi connectivity index (χ0) is 23.7. The van der Waals surface area contributed by atoms with E-state index in [2.05, 4.69) is 4.98 Å². The molecule has 0 bridgehead atoms. The van der Waals surface area contributed by atoms with Gasteiger partial charge in [0.15, 0.2) is 0 Å². The number of carbonyl (C=O) groups excluding carboxylic acids is 2. The number of benzene rings is 2. The Morgan fingerprint density at radius 2 is 1.79 bits per heavy atom. The molecule has 1 N–H and O–H groups in total. The molecule has 1 unspecified atom stereocenters. The van der Waals surface area contributed by atoms with Crippen LogP contribution in [0.25, 0.3) is 5.76 Å². The number of Topliss-reactive ketones (excluding diaryl/α,β-unsaturated/α-hetero) is 1. The van der Waals surface area contributed by atoms with E-state index < -0.39 is 17.7 Å². The SMILES string of the molecule is COc1ccc(/C(O)=C2/C(=O)C(=O)N(c3ccc(N(C)C)cc3)C2c2ccccn2)cc1C. The Labute approximate surface area is 192 Å². The van der Waals surface area contributed by atoms with Crippen LogP contribution in [0.15, 0.2) is 72.4 Å². The first-order chi connectivity index (χ1) is 15.8. The summed E-state index contributed by atoms with van der Waals surface area (Å²) in [5.74, 6) is -1.06. The minimum atomic E-state index is -0.862. The fraction of sp³-hybridized carbons (Fsp3) is 0.192. The van der Waals surface area contributed by atoms with Crippen molar-refractivity contribution in [2.75, 3.05) is 31.0 Å². The summed E-state index contributed by atoms with van der Waals surface area (Å²) in [4.78, 5) is 34.1. The molecule has 4 rings (SSSR count). The van der Waals surface area contributed by atoms with Crippen LogP contribution in [0.5, 0.6) is 5.75 Å². The van der Waals surface area contributed by atoms with Gasteiger partial charge in [-0.3, -0.25) is 19.5 Å². The maximum atomic E-state index is 13.2. The summed E-state index contributed by atoms with van der Waals surface area (Å²) in [6.45, 7) is 1.84. The molecule has 0 spiro atoms. The molecule has 7 heteroatoms. The molecule has 2 aromatic carbocycles. The molecule has 1 aliphatic rings. The van der Waals surface area contributed by atoms with Gasteiger partial charge in [-0.15, -0.1) is 0 Å². The molecule has 0 aliphatic carbocycles. The van der Waals surface area contributed by atoms with Crippen LogP contribution < -0.4 is 14.5 Å². The molecule has 0 saturated carbocycles. The van der Waals surface area contributed by atoms with Crippen LogP contribution in [0.2, 0.25) is 0 Å². The first kappa shape index (κ1) is 22.1. The summed E-state index contributed by atoms with van der Waals surface area (Å²) in [6.07, 6.45) is 1.60. The monoisotopic (exact) mass is 443 g/mol. The number of aliphatic hydroxyl groups is 1. The van der Waals surface area contributed by atoms with Crippen LogP contribution >= 0.6 is 0 Å². The maximum Gasteiger partial charge on any atom is 0.300 e. The number of anilines is 2. The zero-order valence-corrected chi connectivity index (χ0v) is 18.9. The first-order valence-electron chi connectivity index (χ1n) is 10.5. The lowest BCUT2D eigenvalue weighted by Gasteiger charge is -2.25. The predicted molar refractivity (Wildman–Crippen MR) is 128 cm³/mol. The van der Waals surface area contributed by atoms with Crippen molar-refractivity contribution in [3.05, 3.63) is 89.3 Å². The molecule has 33 heavy (non-hydrogen) atoms. The molecule has 2 heterocycles. The Kier molecular flexibility index (Phi) is 5.87. The Balaban J connectivity index is 1.89. The third-order valence-corrected chi connectivity index (χ3v) is 5.72. The number of hydrogen-bond donors (Lipinski definition) is 1. The fourth-order valence-corrected chi connectivity index (χ4v) is 4.01. The molecule has 0 radical (unpaired) electrons. The average molecular weight is 444 g/mol. The first-order valence-corrected chi connectivity index (χ1v) is 10.5. The van der Waals surface area contributed by atoms with E-state index in [0.717, 1.165) is 11.3 Å². The van der Waals surface area contributed by atoms with Crippen LogP contribution in [-0.4, -0.2) is 43.0 Å². The summed E-state index contributed by atoms with van der Waals surface area (Å²) in [5, 5.41) is 11.2. The van der Waals surface area contributed by atoms with Gasteiger partial charge in [-0.05, 0) is 67.1 Å². The molecule has 1 aromatic heterocycles. The minimum absolute atomic E-state index is 0.0000436. The largest absolute Gasteiger partial charge is 0.507 e. The number of aromatic nitrogens is 1. The number of hydrogen-bond acceptors (Lipinski definition) is 6. The predicted octanol–water partition coefficient (Wildman–Crippen LogP) is 4.09. The number of ether oxygens (including phenoxy) is 1. The molecule has 3 aromatic rings. The molecule has 1 amide bonds. The van der Waals surface area contributed by atoms with Gasteiger partial charge in [-0.2, -0.15) is 0 Å². The van der Waals surface area contributed by atoms with Crippen LogP contribution in [0.3, 0.4) is 0 Å². The van der Waals surface area contributed by atoms with Crippen LogP contribution in [-0.2, 0) is 9.59 Å². The van der Waals surface area contributed by atoms with E-state index in [1.807, 2.05) is 38.1 Å². The van der Waals surface area contributed by atoms with Crippen LogP contribution in [0, 0.1) is 6.92 Å².